The first-order valence-electron chi connectivity index (χ1n) is 14.7. The number of anilines is 1. The van der Waals surface area contributed by atoms with Gasteiger partial charge >= 0.3 is 0 Å². The zero-order valence-corrected chi connectivity index (χ0v) is 22.6. The molecule has 2 heterocycles. The zero-order chi connectivity index (χ0) is 25.7. The second-order valence-corrected chi connectivity index (χ2v) is 11.5. The molecule has 1 amide bonds. The average Bonchev–Trinajstić information content (AvgIpc) is 3.29. The molecule has 3 aliphatic rings. The maximum atomic E-state index is 13.2. The Morgan fingerprint density at radius 3 is 2.08 bits per heavy atom. The van der Waals surface area contributed by atoms with Gasteiger partial charge in [-0.1, -0.05) is 86.0 Å². The van der Waals surface area contributed by atoms with Crippen molar-refractivity contribution in [3.8, 4) is 0 Å². The number of benzene rings is 3. The molecule has 0 bridgehead atoms. The highest BCUT2D eigenvalue weighted by Gasteiger charge is 2.30. The lowest BCUT2D eigenvalue weighted by Gasteiger charge is -2.37. The largest absolute Gasteiger partial charge is 0.369 e. The van der Waals surface area contributed by atoms with Gasteiger partial charge in [-0.3, -0.25) is 9.69 Å². The smallest absolute Gasteiger partial charge is 0.254 e. The van der Waals surface area contributed by atoms with Crippen molar-refractivity contribution >= 4 is 11.6 Å². The van der Waals surface area contributed by atoms with Crippen LogP contribution in [0.1, 0.15) is 71.5 Å². The summed E-state index contributed by atoms with van der Waals surface area (Å²) in [6.45, 7) is 6.99. The Balaban J connectivity index is 1.05. The molecule has 3 aromatic carbocycles. The van der Waals surface area contributed by atoms with Crippen LogP contribution in [0, 0.1) is 5.92 Å². The molecule has 0 spiro atoms. The fraction of sp³-hybridized carbons (Fsp3) is 0.441. The molecule has 6 rings (SSSR count). The van der Waals surface area contributed by atoms with E-state index in [1.807, 2.05) is 0 Å². The molecule has 4 heteroatoms. The van der Waals surface area contributed by atoms with Crippen LogP contribution in [0.4, 0.5) is 5.69 Å². The SMILES string of the molecule is O=C1c2cc(N3CCN(CCC(c4ccccc4)c4ccccc4)CC3)ccc2CN1CC1CCCCC1. The monoisotopic (exact) mass is 507 g/mol. The van der Waals surface area contributed by atoms with Crippen LogP contribution >= 0.6 is 0 Å². The van der Waals surface area contributed by atoms with Crippen LogP contribution in [0.5, 0.6) is 0 Å². The molecule has 0 unspecified atom stereocenters. The normalized spacial score (nSPS) is 18.8. The number of hydrogen-bond acceptors (Lipinski definition) is 3. The highest BCUT2D eigenvalue weighted by molar-refractivity contribution is 5.99. The lowest BCUT2D eigenvalue weighted by atomic mass is 9.88. The second kappa shape index (κ2) is 11.7. The summed E-state index contributed by atoms with van der Waals surface area (Å²) >= 11 is 0. The fourth-order valence-electron chi connectivity index (χ4n) is 6.81. The fourth-order valence-corrected chi connectivity index (χ4v) is 6.81. The van der Waals surface area contributed by atoms with E-state index in [1.54, 1.807) is 0 Å². The van der Waals surface area contributed by atoms with Crippen molar-refractivity contribution in [2.24, 2.45) is 5.92 Å². The minimum Gasteiger partial charge on any atom is -0.369 e. The van der Waals surface area contributed by atoms with E-state index in [-0.39, 0.29) is 5.91 Å². The molecular formula is C34H41N3O. The number of piperazine rings is 1. The third-order valence-electron chi connectivity index (χ3n) is 9.05. The molecule has 0 atom stereocenters. The molecule has 0 aromatic heterocycles. The molecule has 1 saturated carbocycles. The van der Waals surface area contributed by atoms with Crippen molar-refractivity contribution in [2.75, 3.05) is 44.2 Å². The Labute approximate surface area is 228 Å². The minimum absolute atomic E-state index is 0.249. The number of fused-ring (bicyclic) bond motifs is 1. The van der Waals surface area contributed by atoms with Gasteiger partial charge in [0.15, 0.2) is 0 Å². The van der Waals surface area contributed by atoms with Gasteiger partial charge in [0.1, 0.15) is 0 Å². The predicted octanol–water partition coefficient (Wildman–Crippen LogP) is 6.57. The van der Waals surface area contributed by atoms with Gasteiger partial charge in [0.05, 0.1) is 0 Å². The van der Waals surface area contributed by atoms with E-state index in [1.165, 1.54) is 54.5 Å². The summed E-state index contributed by atoms with van der Waals surface area (Å²) in [5.41, 5.74) is 6.16. The number of hydrogen-bond donors (Lipinski definition) is 0. The zero-order valence-electron chi connectivity index (χ0n) is 22.6. The van der Waals surface area contributed by atoms with Crippen LogP contribution in [0.15, 0.2) is 78.9 Å². The number of amides is 1. The van der Waals surface area contributed by atoms with Gasteiger partial charge in [0.2, 0.25) is 0 Å². The van der Waals surface area contributed by atoms with Crippen molar-refractivity contribution in [3.63, 3.8) is 0 Å². The lowest BCUT2D eigenvalue weighted by molar-refractivity contribution is 0.0738. The highest BCUT2D eigenvalue weighted by atomic mass is 16.2. The van der Waals surface area contributed by atoms with E-state index in [0.29, 0.717) is 11.8 Å². The maximum absolute atomic E-state index is 13.2. The van der Waals surface area contributed by atoms with Crippen LogP contribution in [0.25, 0.3) is 0 Å². The van der Waals surface area contributed by atoms with Crippen LogP contribution in [0.3, 0.4) is 0 Å². The van der Waals surface area contributed by atoms with Gasteiger partial charge < -0.3 is 9.80 Å². The number of rotatable bonds is 8. The third-order valence-corrected chi connectivity index (χ3v) is 9.05. The standard InChI is InChI=1S/C34H41N3O/c38-34-33-24-31(17-16-30(33)26-37(34)25-27-10-4-1-5-11-27)36-22-20-35(21-23-36)19-18-32(28-12-6-2-7-13-28)29-14-8-3-9-15-29/h2-3,6-9,12-17,24,27,32H,1,4-5,10-11,18-23,25-26H2. The van der Waals surface area contributed by atoms with E-state index >= 15 is 0 Å². The molecule has 3 aromatic rings. The number of carbonyl (C=O) groups is 1. The van der Waals surface area contributed by atoms with Gasteiger partial charge in [0, 0.05) is 56.4 Å². The molecule has 4 nitrogen and oxygen atoms in total. The number of nitrogens with zero attached hydrogens (tertiary/aromatic N) is 3. The first-order chi connectivity index (χ1) is 18.7. The highest BCUT2D eigenvalue weighted by Crippen LogP contribution is 2.32. The molecule has 0 N–H and O–H groups in total. The van der Waals surface area contributed by atoms with Crippen LogP contribution in [-0.2, 0) is 6.54 Å². The Morgan fingerprint density at radius 2 is 1.42 bits per heavy atom. The summed E-state index contributed by atoms with van der Waals surface area (Å²) in [6.07, 6.45) is 7.71. The van der Waals surface area contributed by atoms with Gasteiger partial charge in [-0.05, 0) is 60.5 Å². The van der Waals surface area contributed by atoms with Gasteiger partial charge in [0.25, 0.3) is 5.91 Å². The van der Waals surface area contributed by atoms with Crippen molar-refractivity contribution in [2.45, 2.75) is 51.0 Å². The summed E-state index contributed by atoms with van der Waals surface area (Å²) in [7, 11) is 0. The van der Waals surface area contributed by atoms with Crippen LogP contribution in [-0.4, -0.2) is 55.0 Å². The predicted molar refractivity (Wildman–Crippen MR) is 156 cm³/mol. The van der Waals surface area contributed by atoms with Crippen molar-refractivity contribution < 1.29 is 4.79 Å². The maximum Gasteiger partial charge on any atom is 0.254 e. The second-order valence-electron chi connectivity index (χ2n) is 11.5. The summed E-state index contributed by atoms with van der Waals surface area (Å²) in [4.78, 5) is 20.4. The third kappa shape index (κ3) is 5.66. The van der Waals surface area contributed by atoms with E-state index < -0.39 is 0 Å². The minimum atomic E-state index is 0.249. The van der Waals surface area contributed by atoms with E-state index in [0.717, 1.165) is 57.8 Å². The first-order valence-corrected chi connectivity index (χ1v) is 14.7. The van der Waals surface area contributed by atoms with E-state index in [2.05, 4.69) is 93.6 Å². The molecule has 1 saturated heterocycles. The van der Waals surface area contributed by atoms with Crippen molar-refractivity contribution in [1.29, 1.82) is 0 Å². The first kappa shape index (κ1) is 25.2. The molecule has 2 aliphatic heterocycles. The molecular weight excluding hydrogens is 466 g/mol. The van der Waals surface area contributed by atoms with Gasteiger partial charge in [-0.2, -0.15) is 0 Å². The molecule has 2 fully saturated rings. The Bertz CT molecular complexity index is 1160. The summed E-state index contributed by atoms with van der Waals surface area (Å²) in [5.74, 6) is 1.37. The summed E-state index contributed by atoms with van der Waals surface area (Å²) in [6, 6.07) is 28.5. The average molecular weight is 508 g/mol. The van der Waals surface area contributed by atoms with Gasteiger partial charge in [-0.15, -0.1) is 0 Å². The molecule has 198 valence electrons. The van der Waals surface area contributed by atoms with Crippen molar-refractivity contribution in [3.05, 3.63) is 101 Å². The topological polar surface area (TPSA) is 26.8 Å². The number of carbonyl (C=O) groups excluding carboxylic acids is 1. The summed E-state index contributed by atoms with van der Waals surface area (Å²) in [5, 5.41) is 0. The quantitative estimate of drug-likeness (QED) is 0.345. The molecule has 1 aliphatic carbocycles. The summed E-state index contributed by atoms with van der Waals surface area (Å²) < 4.78 is 0. The molecule has 38 heavy (non-hydrogen) atoms. The van der Waals surface area contributed by atoms with Crippen molar-refractivity contribution in [1.82, 2.24) is 9.80 Å². The van der Waals surface area contributed by atoms with E-state index in [4.69, 9.17) is 0 Å². The Hall–Kier alpha value is -3.11. The van der Waals surface area contributed by atoms with E-state index in [9.17, 15) is 4.79 Å². The van der Waals surface area contributed by atoms with Crippen LogP contribution < -0.4 is 4.90 Å². The van der Waals surface area contributed by atoms with Crippen LogP contribution in [0.2, 0.25) is 0 Å². The molecule has 0 radical (unpaired) electrons. The lowest BCUT2D eigenvalue weighted by Crippen LogP contribution is -2.46. The Kier molecular flexibility index (Phi) is 7.78. The Morgan fingerprint density at radius 1 is 0.763 bits per heavy atom. The van der Waals surface area contributed by atoms with Gasteiger partial charge in [-0.25, -0.2) is 0 Å².